The first-order chi connectivity index (χ1) is 24.7. The summed E-state index contributed by atoms with van der Waals surface area (Å²) in [7, 11) is 4.61. The molecule has 52 heavy (non-hydrogen) atoms. The van der Waals surface area contributed by atoms with Gasteiger partial charge in [0.15, 0.2) is 5.82 Å². The van der Waals surface area contributed by atoms with Crippen LogP contribution in [0.1, 0.15) is 28.5 Å². The van der Waals surface area contributed by atoms with Gasteiger partial charge in [0.2, 0.25) is 10.0 Å². The Kier molecular flexibility index (Phi) is 14.5. The molecule has 0 aliphatic carbocycles. The Morgan fingerprint density at radius 1 is 0.981 bits per heavy atom. The second kappa shape index (κ2) is 18.5. The molecule has 2 aromatic carbocycles. The fourth-order valence-electron chi connectivity index (χ4n) is 5.47. The minimum atomic E-state index is -4.40. The predicted octanol–water partition coefficient (Wildman–Crippen LogP) is 3.25. The lowest BCUT2D eigenvalue weighted by molar-refractivity contribution is 0.0417. The molecule has 4 rings (SSSR count). The maximum Gasteiger partial charge on any atom is 0.435 e. The van der Waals surface area contributed by atoms with Crippen molar-refractivity contribution in [1.82, 2.24) is 19.0 Å². The molecule has 0 bridgehead atoms. The number of methoxy groups -OCH3 is 2. The fraction of sp³-hybridized carbons (Fsp3) is 0.500. The van der Waals surface area contributed by atoms with Crippen molar-refractivity contribution in [3.8, 4) is 0 Å². The van der Waals surface area contributed by atoms with Crippen LogP contribution in [0.15, 0.2) is 41.3 Å². The van der Waals surface area contributed by atoms with Gasteiger partial charge in [0, 0.05) is 82.9 Å². The number of amides is 1. The molecule has 1 amide bonds. The summed E-state index contributed by atoms with van der Waals surface area (Å²) in [5.74, 6) is -2.77. The molecule has 1 aliphatic heterocycles. The number of nitrogens with zero attached hydrogens (tertiary/aromatic N) is 5. The van der Waals surface area contributed by atoms with Gasteiger partial charge in [-0.25, -0.2) is 22.0 Å². The molecular weight excluding hydrogens is 704 g/mol. The molecule has 2 heterocycles. The van der Waals surface area contributed by atoms with E-state index >= 15 is 0 Å². The van der Waals surface area contributed by atoms with Crippen molar-refractivity contribution in [3.05, 3.63) is 64.9 Å². The Bertz CT molecular complexity index is 1790. The fourth-order valence-corrected chi connectivity index (χ4v) is 6.92. The van der Waals surface area contributed by atoms with Crippen LogP contribution in [0, 0.1) is 11.6 Å². The van der Waals surface area contributed by atoms with E-state index in [1.54, 1.807) is 13.2 Å². The van der Waals surface area contributed by atoms with Gasteiger partial charge in [0.1, 0.15) is 18.2 Å². The molecule has 0 fully saturated rings. The molecule has 2 N–H and O–H groups in total. The Morgan fingerprint density at radius 3 is 2.37 bits per heavy atom. The van der Waals surface area contributed by atoms with E-state index in [1.165, 1.54) is 7.11 Å². The van der Waals surface area contributed by atoms with Gasteiger partial charge in [-0.3, -0.25) is 4.79 Å². The van der Waals surface area contributed by atoms with Crippen molar-refractivity contribution in [2.75, 3.05) is 104 Å². The Labute approximate surface area is 302 Å². The highest BCUT2D eigenvalue weighted by atomic mass is 32.2. The maximum atomic E-state index is 14.0. The number of fused-ring (bicyclic) bond motifs is 1. The summed E-state index contributed by atoms with van der Waals surface area (Å²) in [5.41, 5.74) is 2.14. The van der Waals surface area contributed by atoms with E-state index in [2.05, 4.69) is 25.5 Å². The number of hydrogen-bond donors (Lipinski definition) is 2. The number of ether oxygens (including phenoxy) is 4. The molecule has 15 nitrogen and oxygen atoms in total. The number of sulfonamides is 1. The highest BCUT2D eigenvalue weighted by molar-refractivity contribution is 7.89. The standard InChI is InChI=1S/C34H47F2N7O8S/c1-23(22-49-6)37-30-20-26(41(4)12-11-40(2)3)7-8-28(30)33(44)38-32-29-21-42(52(46,47)27-18-24(35)17-25(36)19-27)10-9-31(29)43(39-32)34(45)51-16-15-50-14-13-48-5/h7-8,17-20,23,37H,9-16,21-22H2,1-6H3,(H,38,39,44)/t23-/m1/s1. The summed E-state index contributed by atoms with van der Waals surface area (Å²) in [4.78, 5) is 30.8. The second-order valence-corrected chi connectivity index (χ2v) is 14.4. The van der Waals surface area contributed by atoms with Crippen LogP contribution in [0.3, 0.4) is 0 Å². The number of benzene rings is 2. The van der Waals surface area contributed by atoms with E-state index in [0.717, 1.165) is 39.9 Å². The number of carbonyl (C=O) groups excluding carboxylic acids is 2. The average molecular weight is 752 g/mol. The third kappa shape index (κ3) is 10.4. The third-order valence-corrected chi connectivity index (χ3v) is 10.00. The molecule has 0 unspecified atom stereocenters. The van der Waals surface area contributed by atoms with Crippen LogP contribution < -0.4 is 15.5 Å². The molecule has 1 aliphatic rings. The van der Waals surface area contributed by atoms with Crippen molar-refractivity contribution in [3.63, 3.8) is 0 Å². The van der Waals surface area contributed by atoms with Crippen molar-refractivity contribution in [2.24, 2.45) is 0 Å². The minimum absolute atomic E-state index is 0.0238. The molecule has 3 aromatic rings. The van der Waals surface area contributed by atoms with E-state index in [0.29, 0.717) is 37.3 Å². The van der Waals surface area contributed by atoms with E-state index < -0.39 is 38.6 Å². The molecule has 0 spiro atoms. The van der Waals surface area contributed by atoms with Crippen LogP contribution in [0.4, 0.5) is 30.8 Å². The first-order valence-corrected chi connectivity index (χ1v) is 18.1. The summed E-state index contributed by atoms with van der Waals surface area (Å²) in [6.07, 6.45) is -0.888. The van der Waals surface area contributed by atoms with Crippen LogP contribution in [-0.4, -0.2) is 133 Å². The Morgan fingerprint density at radius 2 is 1.69 bits per heavy atom. The molecule has 1 aromatic heterocycles. The highest BCUT2D eigenvalue weighted by Crippen LogP contribution is 2.32. The topological polar surface area (TPSA) is 157 Å². The second-order valence-electron chi connectivity index (χ2n) is 12.5. The van der Waals surface area contributed by atoms with Crippen molar-refractivity contribution < 1.29 is 45.7 Å². The first kappa shape index (κ1) is 40.6. The number of halogens is 2. The van der Waals surface area contributed by atoms with E-state index in [1.807, 2.05) is 40.2 Å². The quantitative estimate of drug-likeness (QED) is 0.183. The van der Waals surface area contributed by atoms with Gasteiger partial charge in [-0.05, 0) is 51.4 Å². The molecule has 0 saturated carbocycles. The average Bonchev–Trinajstić information content (AvgIpc) is 3.45. The number of carbonyl (C=O) groups is 2. The largest absolute Gasteiger partial charge is 0.445 e. The molecular formula is C34H47F2N7O8S. The normalized spacial score (nSPS) is 13.9. The molecule has 286 valence electrons. The number of anilines is 3. The number of hydrogen-bond acceptors (Lipinski definition) is 12. The number of nitrogens with one attached hydrogen (secondary N) is 2. The van der Waals surface area contributed by atoms with Gasteiger partial charge in [0.25, 0.3) is 5.91 Å². The molecule has 0 radical (unpaired) electrons. The highest BCUT2D eigenvalue weighted by Gasteiger charge is 2.35. The third-order valence-electron chi connectivity index (χ3n) is 8.18. The summed E-state index contributed by atoms with van der Waals surface area (Å²) >= 11 is 0. The van der Waals surface area contributed by atoms with E-state index in [9.17, 15) is 26.8 Å². The number of likely N-dealkylation sites (N-methyl/N-ethyl adjacent to an activating group) is 2. The van der Waals surface area contributed by atoms with Crippen LogP contribution in [-0.2, 0) is 41.9 Å². The van der Waals surface area contributed by atoms with E-state index in [-0.39, 0.29) is 55.7 Å². The van der Waals surface area contributed by atoms with Crippen LogP contribution in [0.2, 0.25) is 0 Å². The lowest BCUT2D eigenvalue weighted by Gasteiger charge is -2.27. The van der Waals surface area contributed by atoms with Gasteiger partial charge in [0.05, 0.1) is 42.6 Å². The Balaban J connectivity index is 1.68. The van der Waals surface area contributed by atoms with Crippen LogP contribution in [0.25, 0.3) is 0 Å². The summed E-state index contributed by atoms with van der Waals surface area (Å²) in [6, 6.07) is 7.18. The van der Waals surface area contributed by atoms with Crippen molar-refractivity contribution >= 4 is 39.2 Å². The molecule has 1 atom stereocenters. The zero-order valence-corrected chi connectivity index (χ0v) is 31.1. The summed E-state index contributed by atoms with van der Waals surface area (Å²) < 4.78 is 78.1. The minimum Gasteiger partial charge on any atom is -0.445 e. The lowest BCUT2D eigenvalue weighted by atomic mass is 10.1. The SMILES string of the molecule is COCCOCCOC(=O)n1nc(NC(=O)c2ccc(N(C)CCN(C)C)cc2N[C@H](C)COC)c2c1CCN(S(=O)(=O)c1cc(F)cc(F)c1)C2. The van der Waals surface area contributed by atoms with Crippen LogP contribution in [0.5, 0.6) is 0 Å². The first-order valence-electron chi connectivity index (χ1n) is 16.6. The van der Waals surface area contributed by atoms with E-state index in [4.69, 9.17) is 18.9 Å². The van der Waals surface area contributed by atoms with Gasteiger partial charge in [-0.15, -0.1) is 5.10 Å². The predicted molar refractivity (Wildman–Crippen MR) is 191 cm³/mol. The molecule has 0 saturated heterocycles. The Hall–Kier alpha value is -4.20. The lowest BCUT2D eigenvalue weighted by Crippen LogP contribution is -2.37. The zero-order valence-electron chi connectivity index (χ0n) is 30.3. The van der Waals surface area contributed by atoms with Crippen molar-refractivity contribution in [2.45, 2.75) is 30.8 Å². The number of aromatic nitrogens is 2. The van der Waals surface area contributed by atoms with Gasteiger partial charge in [-0.1, -0.05) is 0 Å². The van der Waals surface area contributed by atoms with Gasteiger partial charge < -0.3 is 39.4 Å². The summed E-state index contributed by atoms with van der Waals surface area (Å²) in [6.45, 7) is 3.95. The molecule has 18 heteroatoms. The summed E-state index contributed by atoms with van der Waals surface area (Å²) in [5, 5.41) is 10.5. The van der Waals surface area contributed by atoms with Crippen LogP contribution >= 0.6 is 0 Å². The number of rotatable bonds is 18. The van der Waals surface area contributed by atoms with Gasteiger partial charge >= 0.3 is 6.09 Å². The van der Waals surface area contributed by atoms with Gasteiger partial charge in [-0.2, -0.15) is 8.99 Å². The smallest absolute Gasteiger partial charge is 0.435 e. The monoisotopic (exact) mass is 751 g/mol. The van der Waals surface area contributed by atoms with Crippen molar-refractivity contribution in [1.29, 1.82) is 0 Å². The zero-order chi connectivity index (χ0) is 38.0. The maximum absolute atomic E-state index is 14.0.